The molecule has 72 valence electrons. The molecule has 0 aromatic rings. The van der Waals surface area contributed by atoms with Crippen molar-refractivity contribution in [3.63, 3.8) is 0 Å². The van der Waals surface area contributed by atoms with E-state index in [0.717, 1.165) is 5.01 Å². The molecule has 0 aromatic carbocycles. The third-order valence-corrected chi connectivity index (χ3v) is 2.73. The molecule has 0 unspecified atom stereocenters. The van der Waals surface area contributed by atoms with Crippen LogP contribution in [0.15, 0.2) is 0 Å². The number of carbonyl (C=O) groups is 1. The summed E-state index contributed by atoms with van der Waals surface area (Å²) in [6.07, 6.45) is 0. The van der Waals surface area contributed by atoms with Gasteiger partial charge < -0.3 is 0 Å². The first-order valence-electron chi connectivity index (χ1n) is 4.13. The van der Waals surface area contributed by atoms with Crippen LogP contribution >= 0.6 is 0 Å². The SMILES string of the molecule is CN(N)C(=O)C(C)(C)C(C)(C)C. The molecule has 0 aliphatic rings. The van der Waals surface area contributed by atoms with Gasteiger partial charge in [0.05, 0.1) is 0 Å². The zero-order valence-electron chi connectivity index (χ0n) is 8.93. The summed E-state index contributed by atoms with van der Waals surface area (Å²) in [6.45, 7) is 9.94. The van der Waals surface area contributed by atoms with Crippen LogP contribution in [0, 0.1) is 10.8 Å². The van der Waals surface area contributed by atoms with Crippen LogP contribution in [0.5, 0.6) is 0 Å². The minimum Gasteiger partial charge on any atom is -0.283 e. The Hall–Kier alpha value is -0.570. The van der Waals surface area contributed by atoms with Gasteiger partial charge in [-0.05, 0) is 5.41 Å². The molecule has 0 aromatic heterocycles. The zero-order chi connectivity index (χ0) is 10.2. The largest absolute Gasteiger partial charge is 0.283 e. The van der Waals surface area contributed by atoms with Gasteiger partial charge in [-0.25, -0.2) is 5.84 Å². The molecule has 0 saturated heterocycles. The Labute approximate surface area is 74.9 Å². The van der Waals surface area contributed by atoms with Gasteiger partial charge in [-0.1, -0.05) is 34.6 Å². The lowest BCUT2D eigenvalue weighted by Crippen LogP contribution is -2.48. The second-order valence-electron chi connectivity index (χ2n) is 4.79. The first-order chi connectivity index (χ1) is 5.10. The molecule has 0 spiro atoms. The second-order valence-corrected chi connectivity index (χ2v) is 4.79. The van der Waals surface area contributed by atoms with Crippen LogP contribution in [0.4, 0.5) is 0 Å². The molecule has 3 nitrogen and oxygen atoms in total. The summed E-state index contributed by atoms with van der Waals surface area (Å²) in [5.74, 6) is 5.37. The van der Waals surface area contributed by atoms with Crippen molar-refractivity contribution < 1.29 is 4.79 Å². The highest BCUT2D eigenvalue weighted by Crippen LogP contribution is 2.38. The van der Waals surface area contributed by atoms with Crippen molar-refractivity contribution >= 4 is 5.91 Å². The summed E-state index contributed by atoms with van der Waals surface area (Å²) in [4.78, 5) is 11.6. The Bertz CT molecular complexity index is 177. The number of hydrogen-bond acceptors (Lipinski definition) is 2. The maximum Gasteiger partial charge on any atom is 0.242 e. The number of hydrogen-bond donors (Lipinski definition) is 1. The molecule has 2 N–H and O–H groups in total. The molecular weight excluding hydrogens is 152 g/mol. The number of rotatable bonds is 1. The molecule has 0 heterocycles. The summed E-state index contributed by atoms with van der Waals surface area (Å²) >= 11 is 0. The fraction of sp³-hybridized carbons (Fsp3) is 0.889. The lowest BCUT2D eigenvalue weighted by molar-refractivity contribution is -0.145. The minimum absolute atomic E-state index is 0.0324. The summed E-state index contributed by atoms with van der Waals surface area (Å²) in [7, 11) is 1.58. The Morgan fingerprint density at radius 2 is 1.50 bits per heavy atom. The van der Waals surface area contributed by atoms with E-state index in [-0.39, 0.29) is 11.3 Å². The van der Waals surface area contributed by atoms with Gasteiger partial charge in [-0.2, -0.15) is 0 Å². The second kappa shape index (κ2) is 3.05. The predicted octanol–water partition coefficient (Wildman–Crippen LogP) is 1.39. The molecule has 0 atom stereocenters. The number of nitrogens with zero attached hydrogens (tertiary/aromatic N) is 1. The van der Waals surface area contributed by atoms with Crippen molar-refractivity contribution in [2.45, 2.75) is 34.6 Å². The van der Waals surface area contributed by atoms with Crippen LogP contribution < -0.4 is 5.84 Å². The van der Waals surface area contributed by atoms with Gasteiger partial charge >= 0.3 is 0 Å². The maximum absolute atomic E-state index is 11.6. The van der Waals surface area contributed by atoms with Crippen molar-refractivity contribution in [2.75, 3.05) is 7.05 Å². The van der Waals surface area contributed by atoms with Gasteiger partial charge in [0.1, 0.15) is 0 Å². The van der Waals surface area contributed by atoms with Crippen molar-refractivity contribution in [3.8, 4) is 0 Å². The molecule has 0 aliphatic heterocycles. The average molecular weight is 172 g/mol. The smallest absolute Gasteiger partial charge is 0.242 e. The van der Waals surface area contributed by atoms with Crippen molar-refractivity contribution in [1.82, 2.24) is 5.01 Å². The van der Waals surface area contributed by atoms with Crippen LogP contribution in [0.25, 0.3) is 0 Å². The first-order valence-corrected chi connectivity index (χ1v) is 4.13. The van der Waals surface area contributed by atoms with Gasteiger partial charge in [0.15, 0.2) is 0 Å². The Balaban J connectivity index is 4.74. The fourth-order valence-corrected chi connectivity index (χ4v) is 0.762. The van der Waals surface area contributed by atoms with Crippen LogP contribution in [0.2, 0.25) is 0 Å². The van der Waals surface area contributed by atoms with Gasteiger partial charge in [0.2, 0.25) is 5.91 Å². The number of hydrazine groups is 1. The summed E-state index contributed by atoms with van der Waals surface area (Å²) in [6, 6.07) is 0. The van der Waals surface area contributed by atoms with Crippen LogP contribution in [-0.4, -0.2) is 18.0 Å². The van der Waals surface area contributed by atoms with Gasteiger partial charge in [0.25, 0.3) is 0 Å². The molecule has 0 radical (unpaired) electrons. The number of carbonyl (C=O) groups excluding carboxylic acids is 1. The maximum atomic E-state index is 11.6. The van der Waals surface area contributed by atoms with E-state index in [9.17, 15) is 4.79 Å². The highest BCUT2D eigenvalue weighted by Gasteiger charge is 2.40. The van der Waals surface area contributed by atoms with Crippen LogP contribution in [-0.2, 0) is 4.79 Å². The normalized spacial score (nSPS) is 12.9. The van der Waals surface area contributed by atoms with Crippen molar-refractivity contribution in [1.29, 1.82) is 0 Å². The lowest BCUT2D eigenvalue weighted by atomic mass is 9.68. The van der Waals surface area contributed by atoms with Gasteiger partial charge in [-0.3, -0.25) is 9.80 Å². The molecule has 1 amide bonds. The van der Waals surface area contributed by atoms with E-state index >= 15 is 0 Å². The molecule has 0 saturated carbocycles. The fourth-order valence-electron chi connectivity index (χ4n) is 0.762. The highest BCUT2D eigenvalue weighted by atomic mass is 16.2. The summed E-state index contributed by atoms with van der Waals surface area (Å²) < 4.78 is 0. The van der Waals surface area contributed by atoms with Crippen LogP contribution in [0.1, 0.15) is 34.6 Å². The minimum atomic E-state index is -0.420. The molecule has 3 heteroatoms. The topological polar surface area (TPSA) is 46.3 Å². The Morgan fingerprint density at radius 1 is 1.17 bits per heavy atom. The lowest BCUT2D eigenvalue weighted by Gasteiger charge is -2.38. The Morgan fingerprint density at radius 3 is 1.58 bits per heavy atom. The molecule has 0 bridgehead atoms. The van der Waals surface area contributed by atoms with E-state index in [4.69, 9.17) is 5.84 Å². The molecule has 12 heavy (non-hydrogen) atoms. The van der Waals surface area contributed by atoms with E-state index in [1.807, 2.05) is 34.6 Å². The third kappa shape index (κ3) is 1.97. The first kappa shape index (κ1) is 11.4. The van der Waals surface area contributed by atoms with Crippen molar-refractivity contribution in [2.24, 2.45) is 16.7 Å². The van der Waals surface area contributed by atoms with E-state index < -0.39 is 5.41 Å². The zero-order valence-corrected chi connectivity index (χ0v) is 8.93. The molecule has 0 aliphatic carbocycles. The predicted molar refractivity (Wildman–Crippen MR) is 50.2 cm³/mol. The molecule has 0 rings (SSSR count). The average Bonchev–Trinajstić information content (AvgIpc) is 1.83. The van der Waals surface area contributed by atoms with E-state index in [0.29, 0.717) is 0 Å². The number of amides is 1. The highest BCUT2D eigenvalue weighted by molar-refractivity contribution is 5.81. The quantitative estimate of drug-likeness (QED) is 0.369. The molecular formula is C9H20N2O. The Kier molecular flexibility index (Phi) is 2.91. The summed E-state index contributed by atoms with van der Waals surface area (Å²) in [5.41, 5.74) is -0.492. The van der Waals surface area contributed by atoms with E-state index in [2.05, 4.69) is 0 Å². The standard InChI is InChI=1S/C9H20N2O/c1-8(2,3)9(4,5)7(12)11(6)10/h10H2,1-6H3. The monoisotopic (exact) mass is 172 g/mol. The summed E-state index contributed by atoms with van der Waals surface area (Å²) in [5, 5.41) is 1.16. The van der Waals surface area contributed by atoms with E-state index in [1.165, 1.54) is 0 Å². The van der Waals surface area contributed by atoms with Gasteiger partial charge in [-0.15, -0.1) is 0 Å². The molecule has 0 fully saturated rings. The van der Waals surface area contributed by atoms with Gasteiger partial charge in [0, 0.05) is 12.5 Å². The third-order valence-electron chi connectivity index (χ3n) is 2.73. The number of nitrogens with two attached hydrogens (primary N) is 1. The van der Waals surface area contributed by atoms with Crippen molar-refractivity contribution in [3.05, 3.63) is 0 Å². The van der Waals surface area contributed by atoms with E-state index in [1.54, 1.807) is 7.05 Å². The van der Waals surface area contributed by atoms with Crippen LogP contribution in [0.3, 0.4) is 0 Å².